The van der Waals surface area contributed by atoms with Crippen molar-refractivity contribution in [3.05, 3.63) is 30.1 Å². The van der Waals surface area contributed by atoms with E-state index in [1.165, 1.54) is 19.3 Å². The molecule has 1 aromatic heterocycles. The third kappa shape index (κ3) is 3.63. The number of aromatic nitrogens is 2. The quantitative estimate of drug-likeness (QED) is 0.771. The first-order valence-electron chi connectivity index (χ1n) is 7.62. The largest absolute Gasteiger partial charge is 0.478 e. The molecule has 0 unspecified atom stereocenters. The van der Waals surface area contributed by atoms with E-state index in [4.69, 9.17) is 0 Å². The minimum absolute atomic E-state index is 0.133. The van der Waals surface area contributed by atoms with Crippen molar-refractivity contribution in [1.82, 2.24) is 9.55 Å². The maximum absolute atomic E-state index is 11.4. The van der Waals surface area contributed by atoms with Gasteiger partial charge in [0.25, 0.3) is 0 Å². The average molecular weight is 288 g/mol. The van der Waals surface area contributed by atoms with Gasteiger partial charge in [-0.3, -0.25) is 0 Å². The number of hydrogen-bond donors (Lipinski definition) is 1. The van der Waals surface area contributed by atoms with Crippen molar-refractivity contribution in [3.63, 3.8) is 0 Å². The van der Waals surface area contributed by atoms with Crippen molar-refractivity contribution in [2.45, 2.75) is 53.0 Å². The highest BCUT2D eigenvalue weighted by molar-refractivity contribution is 6.01. The summed E-state index contributed by atoms with van der Waals surface area (Å²) in [4.78, 5) is 15.7. The molecule has 0 saturated heterocycles. The zero-order chi connectivity index (χ0) is 15.5. The summed E-state index contributed by atoms with van der Waals surface area (Å²) in [6.45, 7) is 7.46. The van der Waals surface area contributed by atoms with Gasteiger partial charge in [-0.25, -0.2) is 9.78 Å². The van der Waals surface area contributed by atoms with Gasteiger partial charge in [0.2, 0.25) is 0 Å². The van der Waals surface area contributed by atoms with E-state index in [-0.39, 0.29) is 5.41 Å². The number of hydrogen-bond acceptors (Lipinski definition) is 2. The van der Waals surface area contributed by atoms with Crippen molar-refractivity contribution < 1.29 is 9.90 Å². The molecule has 0 saturated carbocycles. The van der Waals surface area contributed by atoms with Gasteiger partial charge >= 0.3 is 5.97 Å². The predicted molar refractivity (Wildman–Crippen MR) is 84.6 cm³/mol. The van der Waals surface area contributed by atoms with Crippen LogP contribution in [0.2, 0.25) is 0 Å². The predicted octanol–water partition coefficient (Wildman–Crippen LogP) is 4.34. The van der Waals surface area contributed by atoms with E-state index >= 15 is 0 Å². The molecule has 0 fully saturated rings. The molecule has 4 nitrogen and oxygen atoms in total. The third-order valence-electron chi connectivity index (χ3n) is 3.92. The van der Waals surface area contributed by atoms with E-state index in [2.05, 4.69) is 25.8 Å². The molecule has 0 spiro atoms. The number of nitrogens with zero attached hydrogens (tertiary/aromatic N) is 2. The van der Waals surface area contributed by atoms with Crippen LogP contribution in [0.5, 0.6) is 0 Å². The first kappa shape index (κ1) is 15.5. The smallest absolute Gasteiger partial charge is 0.337 e. The lowest BCUT2D eigenvalue weighted by Crippen LogP contribution is -2.20. The zero-order valence-corrected chi connectivity index (χ0v) is 13.1. The minimum atomic E-state index is -0.897. The van der Waals surface area contributed by atoms with Crippen LogP contribution in [0, 0.1) is 5.41 Å². The molecule has 1 aromatic carbocycles. The van der Waals surface area contributed by atoms with Crippen LogP contribution in [0.3, 0.4) is 0 Å². The van der Waals surface area contributed by atoms with Crippen molar-refractivity contribution >= 4 is 17.0 Å². The summed E-state index contributed by atoms with van der Waals surface area (Å²) in [5.74, 6) is -0.897. The number of unbranched alkanes of at least 4 members (excludes halogenated alkanes) is 2. The van der Waals surface area contributed by atoms with E-state index in [1.54, 1.807) is 18.5 Å². The van der Waals surface area contributed by atoms with E-state index in [0.717, 1.165) is 24.0 Å². The van der Waals surface area contributed by atoms with Gasteiger partial charge in [-0.05, 0) is 24.0 Å². The van der Waals surface area contributed by atoms with E-state index in [9.17, 15) is 9.90 Å². The summed E-state index contributed by atoms with van der Waals surface area (Å²) in [5, 5.41) is 9.36. The first-order valence-corrected chi connectivity index (χ1v) is 7.62. The Labute approximate surface area is 125 Å². The van der Waals surface area contributed by atoms with Gasteiger partial charge in [0, 0.05) is 6.54 Å². The molecule has 0 bridgehead atoms. The fourth-order valence-corrected chi connectivity index (χ4v) is 2.81. The number of carbonyl (C=O) groups is 1. The number of imidazole rings is 1. The third-order valence-corrected chi connectivity index (χ3v) is 3.92. The molecular weight excluding hydrogens is 264 g/mol. The number of carboxylic acid groups (broad SMARTS) is 1. The Morgan fingerprint density at radius 2 is 2.10 bits per heavy atom. The number of benzene rings is 1. The highest BCUT2D eigenvalue weighted by atomic mass is 16.4. The number of aromatic carboxylic acids is 1. The topological polar surface area (TPSA) is 55.1 Å². The second-order valence-corrected chi connectivity index (χ2v) is 6.47. The molecule has 0 aliphatic heterocycles. The molecule has 0 aliphatic rings. The molecule has 0 aliphatic carbocycles. The minimum Gasteiger partial charge on any atom is -0.478 e. The van der Waals surface area contributed by atoms with Crippen LogP contribution in [0.15, 0.2) is 24.5 Å². The van der Waals surface area contributed by atoms with Crippen LogP contribution in [0.1, 0.15) is 56.8 Å². The lowest BCUT2D eigenvalue weighted by molar-refractivity contribution is 0.0698. The average Bonchev–Trinajstić information content (AvgIpc) is 2.81. The van der Waals surface area contributed by atoms with Gasteiger partial charge < -0.3 is 9.67 Å². The van der Waals surface area contributed by atoms with Gasteiger partial charge in [-0.15, -0.1) is 0 Å². The summed E-state index contributed by atoms with van der Waals surface area (Å²) in [6.07, 6.45) is 6.57. The Morgan fingerprint density at radius 3 is 2.76 bits per heavy atom. The Kier molecular flexibility index (Phi) is 4.66. The monoisotopic (exact) mass is 288 g/mol. The fourth-order valence-electron chi connectivity index (χ4n) is 2.81. The Hall–Kier alpha value is -1.84. The number of carboxylic acids is 1. The molecule has 1 heterocycles. The molecule has 0 amide bonds. The van der Waals surface area contributed by atoms with Crippen LogP contribution < -0.4 is 0 Å². The number of fused-ring (bicyclic) bond motifs is 1. The van der Waals surface area contributed by atoms with Crippen molar-refractivity contribution in [2.24, 2.45) is 5.41 Å². The summed E-state index contributed by atoms with van der Waals surface area (Å²) in [5.41, 5.74) is 1.94. The standard InChI is InChI=1S/C17H24N2O2/c1-4-5-6-10-17(2,3)11-19-12-18-14-9-7-8-13(15(14)19)16(20)21/h7-9,12H,4-6,10-11H2,1-3H3,(H,20,21). The number of para-hydroxylation sites is 1. The Morgan fingerprint density at radius 1 is 1.33 bits per heavy atom. The summed E-state index contributed by atoms with van der Waals surface area (Å²) < 4.78 is 1.99. The molecule has 4 heteroatoms. The first-order chi connectivity index (χ1) is 9.94. The summed E-state index contributed by atoms with van der Waals surface area (Å²) in [7, 11) is 0. The van der Waals surface area contributed by atoms with E-state index in [1.807, 2.05) is 10.6 Å². The van der Waals surface area contributed by atoms with Gasteiger partial charge in [0.1, 0.15) is 0 Å². The fraction of sp³-hybridized carbons (Fsp3) is 0.529. The van der Waals surface area contributed by atoms with Gasteiger partial charge in [0.15, 0.2) is 0 Å². The Bertz CT molecular complexity index is 629. The normalized spacial score (nSPS) is 12.0. The maximum atomic E-state index is 11.4. The molecule has 2 aromatic rings. The van der Waals surface area contributed by atoms with Crippen LogP contribution >= 0.6 is 0 Å². The molecule has 0 atom stereocenters. The summed E-state index contributed by atoms with van der Waals surface area (Å²) in [6, 6.07) is 5.25. The van der Waals surface area contributed by atoms with Crippen molar-refractivity contribution in [1.29, 1.82) is 0 Å². The van der Waals surface area contributed by atoms with Gasteiger partial charge in [0.05, 0.1) is 22.9 Å². The van der Waals surface area contributed by atoms with Gasteiger partial charge in [-0.1, -0.05) is 46.1 Å². The van der Waals surface area contributed by atoms with Crippen LogP contribution in [-0.4, -0.2) is 20.6 Å². The van der Waals surface area contributed by atoms with Crippen molar-refractivity contribution in [2.75, 3.05) is 0 Å². The molecule has 114 valence electrons. The zero-order valence-electron chi connectivity index (χ0n) is 13.1. The molecular formula is C17H24N2O2. The molecule has 21 heavy (non-hydrogen) atoms. The SMILES string of the molecule is CCCCCC(C)(C)Cn1cnc2cccc(C(=O)O)c21. The second kappa shape index (κ2) is 6.29. The summed E-state index contributed by atoms with van der Waals surface area (Å²) >= 11 is 0. The van der Waals surface area contributed by atoms with Crippen molar-refractivity contribution in [3.8, 4) is 0 Å². The molecule has 2 rings (SSSR count). The maximum Gasteiger partial charge on any atom is 0.337 e. The highest BCUT2D eigenvalue weighted by Gasteiger charge is 2.21. The van der Waals surface area contributed by atoms with Crippen LogP contribution in [-0.2, 0) is 6.54 Å². The van der Waals surface area contributed by atoms with E-state index < -0.39 is 5.97 Å². The van der Waals surface area contributed by atoms with Crippen LogP contribution in [0.4, 0.5) is 0 Å². The lowest BCUT2D eigenvalue weighted by Gasteiger charge is -2.25. The highest BCUT2D eigenvalue weighted by Crippen LogP contribution is 2.28. The lowest BCUT2D eigenvalue weighted by atomic mass is 9.86. The molecule has 0 radical (unpaired) electrons. The van der Waals surface area contributed by atoms with Gasteiger partial charge in [-0.2, -0.15) is 0 Å². The molecule has 1 N–H and O–H groups in total. The van der Waals surface area contributed by atoms with Crippen LogP contribution in [0.25, 0.3) is 11.0 Å². The Balaban J connectivity index is 2.28. The van der Waals surface area contributed by atoms with E-state index in [0.29, 0.717) is 5.56 Å². The number of rotatable bonds is 7. The second-order valence-electron chi connectivity index (χ2n) is 6.47.